The summed E-state index contributed by atoms with van der Waals surface area (Å²) in [5.74, 6) is -0.552. The molecule has 154 valence electrons. The normalized spacial score (nSPS) is 13.6. The number of para-hydroxylation sites is 1. The largest absolute Gasteiger partial charge is 0.321 e. The fraction of sp³-hybridized carbons (Fsp3) is 0.304. The highest BCUT2D eigenvalue weighted by Crippen LogP contribution is 2.29. The van der Waals surface area contributed by atoms with Crippen molar-refractivity contribution >= 4 is 34.0 Å². The SMILES string of the molecule is Cc1cccc(C(=O)Nc2nc3c(s2)CCCCCC3)c1NC(=O)c1ccncc1. The molecule has 0 atom stereocenters. The molecule has 0 unspecified atom stereocenters. The summed E-state index contributed by atoms with van der Waals surface area (Å²) in [4.78, 5) is 35.5. The minimum Gasteiger partial charge on any atom is -0.321 e. The van der Waals surface area contributed by atoms with E-state index >= 15 is 0 Å². The molecule has 0 spiro atoms. The van der Waals surface area contributed by atoms with Gasteiger partial charge in [-0.15, -0.1) is 11.3 Å². The molecule has 7 heteroatoms. The Morgan fingerprint density at radius 2 is 1.70 bits per heavy atom. The van der Waals surface area contributed by atoms with E-state index in [-0.39, 0.29) is 11.8 Å². The molecule has 0 bridgehead atoms. The number of hydrogen-bond acceptors (Lipinski definition) is 5. The molecule has 2 amide bonds. The predicted molar refractivity (Wildman–Crippen MR) is 119 cm³/mol. The van der Waals surface area contributed by atoms with Crippen molar-refractivity contribution in [3.8, 4) is 0 Å². The van der Waals surface area contributed by atoms with Gasteiger partial charge in [-0.05, 0) is 56.4 Å². The van der Waals surface area contributed by atoms with Crippen LogP contribution in [0.3, 0.4) is 0 Å². The van der Waals surface area contributed by atoms with Crippen LogP contribution in [0.5, 0.6) is 0 Å². The van der Waals surface area contributed by atoms with Gasteiger partial charge in [-0.2, -0.15) is 0 Å². The maximum Gasteiger partial charge on any atom is 0.259 e. The monoisotopic (exact) mass is 420 g/mol. The first kappa shape index (κ1) is 20.2. The molecule has 1 aliphatic rings. The third-order valence-electron chi connectivity index (χ3n) is 5.26. The van der Waals surface area contributed by atoms with Crippen molar-refractivity contribution in [3.63, 3.8) is 0 Å². The first-order valence-electron chi connectivity index (χ1n) is 10.2. The zero-order valence-corrected chi connectivity index (χ0v) is 17.7. The number of hydrogen-bond donors (Lipinski definition) is 2. The molecule has 1 aromatic carbocycles. The first-order valence-corrected chi connectivity index (χ1v) is 11.0. The van der Waals surface area contributed by atoms with E-state index in [4.69, 9.17) is 0 Å². The quantitative estimate of drug-likeness (QED) is 0.621. The molecule has 2 heterocycles. The van der Waals surface area contributed by atoms with Crippen molar-refractivity contribution < 1.29 is 9.59 Å². The summed E-state index contributed by atoms with van der Waals surface area (Å²) < 4.78 is 0. The van der Waals surface area contributed by atoms with E-state index in [0.717, 1.165) is 30.5 Å². The number of amides is 2. The van der Waals surface area contributed by atoms with E-state index in [1.165, 1.54) is 24.1 Å². The number of anilines is 2. The minimum atomic E-state index is -0.280. The Balaban J connectivity index is 1.55. The van der Waals surface area contributed by atoms with E-state index in [1.807, 2.05) is 19.1 Å². The van der Waals surface area contributed by atoms with Crippen molar-refractivity contribution in [1.82, 2.24) is 9.97 Å². The molecule has 30 heavy (non-hydrogen) atoms. The fourth-order valence-corrected chi connectivity index (χ4v) is 4.68. The molecule has 2 aromatic heterocycles. The summed E-state index contributed by atoms with van der Waals surface area (Å²) in [5, 5.41) is 6.45. The van der Waals surface area contributed by atoms with Gasteiger partial charge in [0.1, 0.15) is 0 Å². The number of aromatic nitrogens is 2. The first-order chi connectivity index (χ1) is 14.6. The van der Waals surface area contributed by atoms with Gasteiger partial charge in [0, 0.05) is 22.8 Å². The number of nitrogens with zero attached hydrogens (tertiary/aromatic N) is 2. The van der Waals surface area contributed by atoms with Gasteiger partial charge in [-0.1, -0.05) is 25.0 Å². The van der Waals surface area contributed by atoms with Crippen LogP contribution in [0.15, 0.2) is 42.7 Å². The molecule has 0 saturated carbocycles. The van der Waals surface area contributed by atoms with Crippen LogP contribution < -0.4 is 10.6 Å². The molecule has 2 N–H and O–H groups in total. The number of rotatable bonds is 4. The highest BCUT2D eigenvalue weighted by molar-refractivity contribution is 7.15. The van der Waals surface area contributed by atoms with E-state index in [0.29, 0.717) is 21.9 Å². The highest BCUT2D eigenvalue weighted by atomic mass is 32.1. The van der Waals surface area contributed by atoms with Crippen LogP contribution >= 0.6 is 11.3 Å². The number of carbonyl (C=O) groups excluding carboxylic acids is 2. The summed E-state index contributed by atoms with van der Waals surface area (Å²) in [6.45, 7) is 1.87. The van der Waals surface area contributed by atoms with Gasteiger partial charge in [0.25, 0.3) is 11.8 Å². The second-order valence-corrected chi connectivity index (χ2v) is 8.53. The lowest BCUT2D eigenvalue weighted by molar-refractivity contribution is 0.102. The van der Waals surface area contributed by atoms with Crippen molar-refractivity contribution in [3.05, 3.63) is 70.0 Å². The van der Waals surface area contributed by atoms with E-state index in [1.54, 1.807) is 41.9 Å². The Labute approximate surface area is 179 Å². The summed E-state index contributed by atoms with van der Waals surface area (Å²) in [6.07, 6.45) is 9.94. The Hall–Kier alpha value is -3.06. The number of fused-ring (bicyclic) bond motifs is 1. The third-order valence-corrected chi connectivity index (χ3v) is 6.34. The van der Waals surface area contributed by atoms with Gasteiger partial charge in [0.2, 0.25) is 0 Å². The van der Waals surface area contributed by atoms with Crippen LogP contribution in [0.1, 0.15) is 62.5 Å². The van der Waals surface area contributed by atoms with Crippen molar-refractivity contribution in [2.24, 2.45) is 0 Å². The van der Waals surface area contributed by atoms with Crippen LogP contribution in [-0.2, 0) is 12.8 Å². The maximum atomic E-state index is 13.0. The standard InChI is InChI=1S/C23H24N4O2S/c1-15-7-6-8-17(20(15)26-21(28)16-11-13-24-14-12-16)22(29)27-23-25-18-9-4-2-3-5-10-19(18)30-23/h6-8,11-14H,2-5,9-10H2,1H3,(H,26,28)(H,25,27,29). The highest BCUT2D eigenvalue weighted by Gasteiger charge is 2.19. The Morgan fingerprint density at radius 1 is 0.933 bits per heavy atom. The molecule has 6 nitrogen and oxygen atoms in total. The number of thiazole rings is 1. The van der Waals surface area contributed by atoms with Crippen LogP contribution in [0.25, 0.3) is 0 Å². The summed E-state index contributed by atoms with van der Waals surface area (Å²) >= 11 is 1.56. The molecule has 0 saturated heterocycles. The van der Waals surface area contributed by atoms with Gasteiger partial charge >= 0.3 is 0 Å². The van der Waals surface area contributed by atoms with Crippen LogP contribution in [0.4, 0.5) is 10.8 Å². The molecular formula is C23H24N4O2S. The zero-order chi connectivity index (χ0) is 20.9. The van der Waals surface area contributed by atoms with Gasteiger partial charge in [-0.3, -0.25) is 19.9 Å². The predicted octanol–water partition coefficient (Wildman–Crippen LogP) is 5.01. The lowest BCUT2D eigenvalue weighted by Gasteiger charge is -2.13. The molecular weight excluding hydrogens is 396 g/mol. The Morgan fingerprint density at radius 3 is 2.50 bits per heavy atom. The van der Waals surface area contributed by atoms with Crippen molar-refractivity contribution in [1.29, 1.82) is 0 Å². The van der Waals surface area contributed by atoms with Gasteiger partial charge < -0.3 is 5.32 Å². The van der Waals surface area contributed by atoms with Gasteiger partial charge in [0.05, 0.1) is 16.9 Å². The van der Waals surface area contributed by atoms with Crippen LogP contribution in [-0.4, -0.2) is 21.8 Å². The minimum absolute atomic E-state index is 0.273. The molecule has 0 fully saturated rings. The van der Waals surface area contributed by atoms with Gasteiger partial charge in [0.15, 0.2) is 5.13 Å². The van der Waals surface area contributed by atoms with Crippen molar-refractivity contribution in [2.45, 2.75) is 45.4 Å². The number of carbonyl (C=O) groups is 2. The lowest BCUT2D eigenvalue weighted by atomic mass is 10.0. The second kappa shape index (κ2) is 9.17. The maximum absolute atomic E-state index is 13.0. The molecule has 3 aromatic rings. The average molecular weight is 421 g/mol. The molecule has 0 aliphatic heterocycles. The van der Waals surface area contributed by atoms with E-state index in [2.05, 4.69) is 20.6 Å². The molecule has 4 rings (SSSR count). The van der Waals surface area contributed by atoms with Crippen LogP contribution in [0, 0.1) is 6.92 Å². The zero-order valence-electron chi connectivity index (χ0n) is 16.9. The van der Waals surface area contributed by atoms with Gasteiger partial charge in [-0.25, -0.2) is 4.98 Å². The van der Waals surface area contributed by atoms with Crippen LogP contribution in [0.2, 0.25) is 0 Å². The lowest BCUT2D eigenvalue weighted by Crippen LogP contribution is -2.19. The summed E-state index contributed by atoms with van der Waals surface area (Å²) in [6, 6.07) is 8.67. The van der Waals surface area contributed by atoms with E-state index < -0.39 is 0 Å². The Bertz CT molecular complexity index is 1040. The number of nitrogens with one attached hydrogen (secondary N) is 2. The number of aryl methyl sites for hydroxylation is 3. The van der Waals surface area contributed by atoms with Crippen molar-refractivity contribution in [2.75, 3.05) is 10.6 Å². The molecule has 0 radical (unpaired) electrons. The Kier molecular flexibility index (Phi) is 6.18. The second-order valence-electron chi connectivity index (χ2n) is 7.44. The van der Waals surface area contributed by atoms with E-state index in [9.17, 15) is 9.59 Å². The summed E-state index contributed by atoms with van der Waals surface area (Å²) in [5.41, 5.74) is 3.34. The third kappa shape index (κ3) is 4.57. The topological polar surface area (TPSA) is 84.0 Å². The fourth-order valence-electron chi connectivity index (χ4n) is 3.64. The molecule has 1 aliphatic carbocycles. The number of benzene rings is 1. The summed E-state index contributed by atoms with van der Waals surface area (Å²) in [7, 11) is 0. The number of pyridine rings is 1. The average Bonchev–Trinajstić information content (AvgIpc) is 3.10. The smallest absolute Gasteiger partial charge is 0.259 e.